The largest absolute Gasteiger partial charge is 0.491 e. The number of ether oxygens (including phenoxy) is 2. The maximum absolute atomic E-state index is 12.1. The van der Waals surface area contributed by atoms with Crippen LogP contribution in [-0.2, 0) is 9.53 Å². The third-order valence-corrected chi connectivity index (χ3v) is 3.31. The Labute approximate surface area is 146 Å². The van der Waals surface area contributed by atoms with Gasteiger partial charge < -0.3 is 25.8 Å². The molecule has 132 valence electrons. The Bertz CT molecular complexity index is 734. The second kappa shape index (κ2) is 9.29. The van der Waals surface area contributed by atoms with Gasteiger partial charge in [-0.05, 0) is 24.3 Å². The van der Waals surface area contributed by atoms with Crippen molar-refractivity contribution in [1.29, 1.82) is 0 Å². The molecule has 2 rings (SSSR count). The summed E-state index contributed by atoms with van der Waals surface area (Å²) in [5.74, 6) is -0.203. The van der Waals surface area contributed by atoms with E-state index in [0.29, 0.717) is 24.7 Å². The Hall–Kier alpha value is -3.06. The molecule has 7 nitrogen and oxygen atoms in total. The summed E-state index contributed by atoms with van der Waals surface area (Å²) in [5, 5.41) is 5.67. The van der Waals surface area contributed by atoms with Gasteiger partial charge in [0, 0.05) is 18.9 Å². The summed E-state index contributed by atoms with van der Waals surface area (Å²) in [6.45, 7) is 0.984. The van der Waals surface area contributed by atoms with Crippen molar-refractivity contribution in [2.45, 2.75) is 0 Å². The van der Waals surface area contributed by atoms with E-state index in [1.165, 1.54) is 0 Å². The zero-order chi connectivity index (χ0) is 18.1. The lowest BCUT2D eigenvalue weighted by Crippen LogP contribution is -2.24. The predicted octanol–water partition coefficient (Wildman–Crippen LogP) is 1.86. The second-order valence-corrected chi connectivity index (χ2v) is 5.18. The highest BCUT2D eigenvalue weighted by atomic mass is 16.5. The zero-order valence-corrected chi connectivity index (χ0v) is 14.0. The normalized spacial score (nSPS) is 10.1. The lowest BCUT2D eigenvalue weighted by Gasteiger charge is -2.11. The molecule has 2 aromatic carbocycles. The Morgan fingerprint density at radius 2 is 1.88 bits per heavy atom. The van der Waals surface area contributed by atoms with Crippen molar-refractivity contribution < 1.29 is 19.1 Å². The molecule has 0 heterocycles. The molecule has 0 spiro atoms. The van der Waals surface area contributed by atoms with Crippen LogP contribution in [0.2, 0.25) is 0 Å². The van der Waals surface area contributed by atoms with E-state index in [1.807, 2.05) is 18.2 Å². The molecule has 7 heteroatoms. The molecule has 0 aromatic heterocycles. The van der Waals surface area contributed by atoms with Crippen molar-refractivity contribution in [1.82, 2.24) is 0 Å². The van der Waals surface area contributed by atoms with Crippen LogP contribution in [0.4, 0.5) is 11.4 Å². The van der Waals surface area contributed by atoms with Crippen LogP contribution in [0.3, 0.4) is 0 Å². The number of nitrogens with one attached hydrogen (secondary N) is 2. The summed E-state index contributed by atoms with van der Waals surface area (Å²) >= 11 is 0. The van der Waals surface area contributed by atoms with Gasteiger partial charge in [-0.1, -0.05) is 18.2 Å². The van der Waals surface area contributed by atoms with E-state index in [2.05, 4.69) is 10.6 Å². The van der Waals surface area contributed by atoms with Crippen molar-refractivity contribution in [2.24, 2.45) is 5.73 Å². The minimum absolute atomic E-state index is 0.0363. The SMILES string of the molecule is COCCOc1cccc(NCC(=O)Nc2ccccc2C(N)=O)c1. The fourth-order valence-corrected chi connectivity index (χ4v) is 2.12. The number of benzene rings is 2. The Morgan fingerprint density at radius 3 is 2.64 bits per heavy atom. The Kier molecular flexibility index (Phi) is 6.79. The molecule has 0 aliphatic carbocycles. The van der Waals surface area contributed by atoms with Crippen molar-refractivity contribution >= 4 is 23.2 Å². The monoisotopic (exact) mass is 343 g/mol. The standard InChI is InChI=1S/C18H21N3O4/c1-24-9-10-25-14-6-4-5-13(11-14)20-12-17(22)21-16-8-3-2-7-15(16)18(19)23/h2-8,11,20H,9-10,12H2,1H3,(H2,19,23)(H,21,22). The van der Waals surface area contributed by atoms with E-state index < -0.39 is 5.91 Å². The number of hydrogen-bond donors (Lipinski definition) is 3. The van der Waals surface area contributed by atoms with Crippen LogP contribution in [0.15, 0.2) is 48.5 Å². The summed E-state index contributed by atoms with van der Waals surface area (Å²) in [4.78, 5) is 23.4. The molecule has 4 N–H and O–H groups in total. The summed E-state index contributed by atoms with van der Waals surface area (Å²) in [6.07, 6.45) is 0. The van der Waals surface area contributed by atoms with Crippen LogP contribution in [0.5, 0.6) is 5.75 Å². The number of rotatable bonds is 9. The molecule has 0 unspecified atom stereocenters. The number of nitrogens with two attached hydrogens (primary N) is 1. The van der Waals surface area contributed by atoms with Crippen LogP contribution in [-0.4, -0.2) is 38.7 Å². The molecular weight excluding hydrogens is 322 g/mol. The van der Waals surface area contributed by atoms with E-state index in [-0.39, 0.29) is 18.0 Å². The molecule has 0 aliphatic rings. The van der Waals surface area contributed by atoms with Gasteiger partial charge in [0.2, 0.25) is 5.91 Å². The summed E-state index contributed by atoms with van der Waals surface area (Å²) in [5.41, 5.74) is 6.69. The van der Waals surface area contributed by atoms with Gasteiger partial charge in [0.15, 0.2) is 0 Å². The summed E-state index contributed by atoms with van der Waals surface area (Å²) in [6, 6.07) is 13.9. The maximum atomic E-state index is 12.1. The first kappa shape index (κ1) is 18.3. The molecule has 2 aromatic rings. The lowest BCUT2D eigenvalue weighted by molar-refractivity contribution is -0.114. The Morgan fingerprint density at radius 1 is 1.08 bits per heavy atom. The van der Waals surface area contributed by atoms with Crippen molar-refractivity contribution in [2.75, 3.05) is 37.5 Å². The van der Waals surface area contributed by atoms with Crippen molar-refractivity contribution in [3.05, 3.63) is 54.1 Å². The van der Waals surface area contributed by atoms with Gasteiger partial charge in [-0.3, -0.25) is 9.59 Å². The quantitative estimate of drug-likeness (QED) is 0.603. The molecule has 0 fully saturated rings. The van der Waals surface area contributed by atoms with E-state index in [0.717, 1.165) is 5.69 Å². The number of para-hydroxylation sites is 1. The number of primary amides is 1. The summed E-state index contributed by atoms with van der Waals surface area (Å²) in [7, 11) is 1.61. The van der Waals surface area contributed by atoms with Gasteiger partial charge >= 0.3 is 0 Å². The van der Waals surface area contributed by atoms with Gasteiger partial charge in [-0.2, -0.15) is 0 Å². The maximum Gasteiger partial charge on any atom is 0.250 e. The highest BCUT2D eigenvalue weighted by Crippen LogP contribution is 2.17. The van der Waals surface area contributed by atoms with Gasteiger partial charge in [-0.25, -0.2) is 0 Å². The molecule has 0 saturated carbocycles. The molecular formula is C18H21N3O4. The average molecular weight is 343 g/mol. The minimum atomic E-state index is -0.593. The highest BCUT2D eigenvalue weighted by molar-refractivity contribution is 6.03. The van der Waals surface area contributed by atoms with Gasteiger partial charge in [0.25, 0.3) is 5.91 Å². The molecule has 2 amide bonds. The van der Waals surface area contributed by atoms with Gasteiger partial charge in [-0.15, -0.1) is 0 Å². The van der Waals surface area contributed by atoms with E-state index in [9.17, 15) is 9.59 Å². The number of carbonyl (C=O) groups excluding carboxylic acids is 2. The van der Waals surface area contributed by atoms with Crippen molar-refractivity contribution in [3.8, 4) is 5.75 Å². The smallest absolute Gasteiger partial charge is 0.250 e. The molecule has 0 radical (unpaired) electrons. The lowest BCUT2D eigenvalue weighted by atomic mass is 10.1. The topological polar surface area (TPSA) is 103 Å². The molecule has 0 saturated heterocycles. The fourth-order valence-electron chi connectivity index (χ4n) is 2.12. The number of anilines is 2. The zero-order valence-electron chi connectivity index (χ0n) is 14.0. The molecule has 25 heavy (non-hydrogen) atoms. The first-order chi connectivity index (χ1) is 12.1. The fraction of sp³-hybridized carbons (Fsp3) is 0.222. The van der Waals surface area contributed by atoms with Crippen LogP contribution in [0.1, 0.15) is 10.4 Å². The minimum Gasteiger partial charge on any atom is -0.491 e. The highest BCUT2D eigenvalue weighted by Gasteiger charge is 2.10. The number of amides is 2. The third-order valence-electron chi connectivity index (χ3n) is 3.31. The van der Waals surface area contributed by atoms with Crippen LogP contribution in [0.25, 0.3) is 0 Å². The third kappa shape index (κ3) is 5.82. The van der Waals surface area contributed by atoms with E-state index in [1.54, 1.807) is 37.4 Å². The summed E-state index contributed by atoms with van der Waals surface area (Å²) < 4.78 is 10.4. The predicted molar refractivity (Wildman–Crippen MR) is 95.9 cm³/mol. The van der Waals surface area contributed by atoms with Crippen LogP contribution in [0, 0.1) is 0 Å². The second-order valence-electron chi connectivity index (χ2n) is 5.18. The van der Waals surface area contributed by atoms with Gasteiger partial charge in [0.1, 0.15) is 12.4 Å². The van der Waals surface area contributed by atoms with Crippen molar-refractivity contribution in [3.63, 3.8) is 0 Å². The molecule has 0 bridgehead atoms. The first-order valence-electron chi connectivity index (χ1n) is 7.74. The van der Waals surface area contributed by atoms with E-state index in [4.69, 9.17) is 15.2 Å². The Balaban J connectivity index is 1.90. The van der Waals surface area contributed by atoms with E-state index >= 15 is 0 Å². The van der Waals surface area contributed by atoms with Gasteiger partial charge in [0.05, 0.1) is 24.4 Å². The number of hydrogen-bond acceptors (Lipinski definition) is 5. The average Bonchev–Trinajstić information content (AvgIpc) is 2.61. The number of methoxy groups -OCH3 is 1. The molecule has 0 aliphatic heterocycles. The first-order valence-corrected chi connectivity index (χ1v) is 7.74. The number of carbonyl (C=O) groups is 2. The molecule has 0 atom stereocenters. The van der Waals surface area contributed by atoms with Crippen LogP contribution < -0.4 is 21.1 Å². The van der Waals surface area contributed by atoms with Crippen LogP contribution >= 0.6 is 0 Å².